The molecule has 4 rings (SSSR count). The molecule has 0 atom stereocenters. The van der Waals surface area contributed by atoms with Gasteiger partial charge in [0.1, 0.15) is 11.6 Å². The third-order valence-electron chi connectivity index (χ3n) is 4.35. The number of hydrogen-bond donors (Lipinski definition) is 0. The molecule has 0 aliphatic heterocycles. The van der Waals surface area contributed by atoms with Gasteiger partial charge < -0.3 is 0 Å². The van der Waals surface area contributed by atoms with Crippen LogP contribution in [0.15, 0.2) is 72.1 Å². The highest BCUT2D eigenvalue weighted by atomic mass is 32.2. The molecule has 0 spiro atoms. The zero-order chi connectivity index (χ0) is 22.0. The van der Waals surface area contributed by atoms with Gasteiger partial charge in [-0.2, -0.15) is 13.2 Å². The predicted molar refractivity (Wildman–Crippen MR) is 106 cm³/mol. The minimum atomic E-state index is -4.53. The highest BCUT2D eigenvalue weighted by Crippen LogP contribution is 2.34. The molecule has 0 fully saturated rings. The average molecular weight is 448 g/mol. The van der Waals surface area contributed by atoms with Gasteiger partial charge in [-0.15, -0.1) is 10.2 Å². The minimum Gasteiger partial charge on any atom is -0.270 e. The van der Waals surface area contributed by atoms with E-state index in [1.807, 2.05) is 0 Å². The van der Waals surface area contributed by atoms with E-state index in [4.69, 9.17) is 0 Å². The van der Waals surface area contributed by atoms with Crippen LogP contribution in [0.3, 0.4) is 0 Å². The summed E-state index contributed by atoms with van der Waals surface area (Å²) in [6.45, 7) is 0. The first-order chi connectivity index (χ1) is 14.8. The smallest absolute Gasteiger partial charge is 0.270 e. The van der Waals surface area contributed by atoms with Crippen molar-refractivity contribution in [3.8, 4) is 17.1 Å². The van der Waals surface area contributed by atoms with Crippen LogP contribution in [0.4, 0.5) is 22.0 Å². The average Bonchev–Trinajstić information content (AvgIpc) is 3.18. The Hall–Kier alpha value is -3.27. The van der Waals surface area contributed by atoms with Crippen molar-refractivity contribution in [1.82, 2.24) is 19.7 Å². The van der Waals surface area contributed by atoms with Gasteiger partial charge in [0.15, 0.2) is 11.0 Å². The molecule has 4 aromatic rings. The summed E-state index contributed by atoms with van der Waals surface area (Å²) in [5, 5.41) is 8.41. The number of rotatable bonds is 5. The summed E-state index contributed by atoms with van der Waals surface area (Å²) in [5.41, 5.74) is -0.00780. The Labute approximate surface area is 177 Å². The fourth-order valence-corrected chi connectivity index (χ4v) is 3.82. The molecule has 2 heterocycles. The largest absolute Gasteiger partial charge is 0.416 e. The van der Waals surface area contributed by atoms with Crippen molar-refractivity contribution in [3.05, 3.63) is 89.8 Å². The summed E-state index contributed by atoms with van der Waals surface area (Å²) in [6, 6.07) is 11.2. The second-order valence-corrected chi connectivity index (χ2v) is 7.40. The molecule has 0 unspecified atom stereocenters. The van der Waals surface area contributed by atoms with Crippen LogP contribution in [0, 0.1) is 11.6 Å². The fraction of sp³-hybridized carbons (Fsp3) is 0.0952. The lowest BCUT2D eigenvalue weighted by molar-refractivity contribution is -0.137. The molecular weight excluding hydrogens is 435 g/mol. The number of aromatic nitrogens is 4. The van der Waals surface area contributed by atoms with Crippen molar-refractivity contribution in [1.29, 1.82) is 0 Å². The topological polar surface area (TPSA) is 43.6 Å². The van der Waals surface area contributed by atoms with Crippen LogP contribution < -0.4 is 0 Å². The lowest BCUT2D eigenvalue weighted by Gasteiger charge is -2.13. The highest BCUT2D eigenvalue weighted by molar-refractivity contribution is 7.98. The quantitative estimate of drug-likeness (QED) is 0.281. The second-order valence-electron chi connectivity index (χ2n) is 6.46. The van der Waals surface area contributed by atoms with Crippen molar-refractivity contribution in [3.63, 3.8) is 0 Å². The number of hydrogen-bond acceptors (Lipinski definition) is 4. The number of thioether (sulfide) groups is 1. The molecule has 0 bridgehead atoms. The Balaban J connectivity index is 1.78. The number of nitrogens with zero attached hydrogens (tertiary/aromatic N) is 4. The van der Waals surface area contributed by atoms with Crippen LogP contribution in [-0.4, -0.2) is 19.7 Å². The maximum atomic E-state index is 14.0. The Morgan fingerprint density at radius 3 is 2.52 bits per heavy atom. The van der Waals surface area contributed by atoms with Crippen LogP contribution in [-0.2, 0) is 11.9 Å². The Bertz CT molecular complexity index is 1210. The third-order valence-corrected chi connectivity index (χ3v) is 5.33. The molecule has 0 N–H and O–H groups in total. The van der Waals surface area contributed by atoms with Crippen molar-refractivity contribution in [2.75, 3.05) is 0 Å². The first-order valence-corrected chi connectivity index (χ1v) is 9.91. The molecule has 0 saturated heterocycles. The minimum absolute atomic E-state index is 0.00767. The molecule has 0 amide bonds. The molecule has 158 valence electrons. The lowest BCUT2D eigenvalue weighted by atomic mass is 10.2. The molecule has 0 radical (unpaired) electrons. The number of pyridine rings is 1. The summed E-state index contributed by atoms with van der Waals surface area (Å²) in [5.74, 6) is -0.901. The normalized spacial score (nSPS) is 11.6. The van der Waals surface area contributed by atoms with E-state index in [0.29, 0.717) is 5.56 Å². The molecule has 10 heteroatoms. The summed E-state index contributed by atoms with van der Waals surface area (Å²) >= 11 is 1.03. The van der Waals surface area contributed by atoms with Crippen LogP contribution in [0.2, 0.25) is 0 Å². The molecule has 2 aromatic heterocycles. The summed E-state index contributed by atoms with van der Waals surface area (Å²) in [4.78, 5) is 4.02. The zero-order valence-corrected chi connectivity index (χ0v) is 16.5. The Morgan fingerprint density at radius 1 is 0.935 bits per heavy atom. The van der Waals surface area contributed by atoms with Gasteiger partial charge >= 0.3 is 6.18 Å². The van der Waals surface area contributed by atoms with E-state index in [1.54, 1.807) is 18.3 Å². The summed E-state index contributed by atoms with van der Waals surface area (Å²) in [6.07, 6.45) is -1.47. The molecule has 0 aliphatic carbocycles. The molecule has 2 aromatic carbocycles. The first kappa shape index (κ1) is 21.0. The van der Waals surface area contributed by atoms with Crippen LogP contribution in [0.25, 0.3) is 17.1 Å². The maximum Gasteiger partial charge on any atom is 0.416 e. The van der Waals surface area contributed by atoms with E-state index in [0.717, 1.165) is 42.1 Å². The monoisotopic (exact) mass is 448 g/mol. The van der Waals surface area contributed by atoms with Gasteiger partial charge in [0.05, 0.1) is 11.3 Å². The predicted octanol–water partition coefficient (Wildman–Crippen LogP) is 5.92. The van der Waals surface area contributed by atoms with Crippen LogP contribution in [0.5, 0.6) is 0 Å². The van der Waals surface area contributed by atoms with E-state index in [9.17, 15) is 22.0 Å². The lowest BCUT2D eigenvalue weighted by Crippen LogP contribution is -2.07. The van der Waals surface area contributed by atoms with Crippen molar-refractivity contribution in [2.24, 2.45) is 0 Å². The van der Waals surface area contributed by atoms with Gasteiger partial charge in [-0.05, 0) is 48.5 Å². The molecule has 0 aliphatic rings. The van der Waals surface area contributed by atoms with E-state index >= 15 is 0 Å². The fourth-order valence-electron chi connectivity index (χ4n) is 2.90. The van der Waals surface area contributed by atoms with E-state index in [-0.39, 0.29) is 28.0 Å². The van der Waals surface area contributed by atoms with Gasteiger partial charge in [-0.3, -0.25) is 9.55 Å². The molecule has 31 heavy (non-hydrogen) atoms. The maximum absolute atomic E-state index is 14.0. The van der Waals surface area contributed by atoms with Crippen molar-refractivity contribution < 1.29 is 22.0 Å². The summed E-state index contributed by atoms with van der Waals surface area (Å²) in [7, 11) is 0. The van der Waals surface area contributed by atoms with Gasteiger partial charge in [0.2, 0.25) is 0 Å². The van der Waals surface area contributed by atoms with Crippen LogP contribution in [0.1, 0.15) is 11.1 Å². The van der Waals surface area contributed by atoms with Gasteiger partial charge in [0, 0.05) is 29.3 Å². The standard InChI is InChI=1S/C21H13F5N4S/c22-16-6-7-18(23)14(9-16)12-31-20-29-28-19(13-3-2-8-27-11-13)30(20)17-5-1-4-15(10-17)21(24,25)26/h1-11H,12H2. The van der Waals surface area contributed by atoms with Crippen molar-refractivity contribution in [2.45, 2.75) is 17.1 Å². The molecule has 4 nitrogen and oxygen atoms in total. The summed E-state index contributed by atoms with van der Waals surface area (Å²) < 4.78 is 68.7. The molecule has 0 saturated carbocycles. The number of benzene rings is 2. The Kier molecular flexibility index (Phi) is 5.73. The second kappa shape index (κ2) is 8.46. The van der Waals surface area contributed by atoms with Gasteiger partial charge in [-0.1, -0.05) is 17.8 Å². The van der Waals surface area contributed by atoms with E-state index in [1.165, 1.54) is 22.9 Å². The number of alkyl halides is 3. The SMILES string of the molecule is Fc1ccc(F)c(CSc2nnc(-c3cccnc3)n2-c2cccc(C(F)(F)F)c2)c1. The highest BCUT2D eigenvalue weighted by Gasteiger charge is 2.31. The third kappa shape index (κ3) is 4.58. The zero-order valence-electron chi connectivity index (χ0n) is 15.6. The van der Waals surface area contributed by atoms with E-state index in [2.05, 4.69) is 15.2 Å². The van der Waals surface area contributed by atoms with Crippen molar-refractivity contribution >= 4 is 11.8 Å². The number of halogens is 5. The van der Waals surface area contributed by atoms with Crippen LogP contribution >= 0.6 is 11.8 Å². The Morgan fingerprint density at radius 2 is 1.77 bits per heavy atom. The van der Waals surface area contributed by atoms with Gasteiger partial charge in [0.25, 0.3) is 0 Å². The van der Waals surface area contributed by atoms with E-state index < -0.39 is 23.4 Å². The van der Waals surface area contributed by atoms with Gasteiger partial charge in [-0.25, -0.2) is 8.78 Å². The molecular formula is C21H13F5N4S. The first-order valence-electron chi connectivity index (χ1n) is 8.93.